The van der Waals surface area contributed by atoms with E-state index in [4.69, 9.17) is 0 Å². The molecule has 1 spiro atoms. The molecule has 10 nitrogen and oxygen atoms in total. The van der Waals surface area contributed by atoms with E-state index in [1.165, 1.54) is 12.8 Å². The molecule has 0 radical (unpaired) electrons. The summed E-state index contributed by atoms with van der Waals surface area (Å²) in [6, 6.07) is 6.58. The Morgan fingerprint density at radius 3 is 2.65 bits per heavy atom. The standard InChI is InChI=1S/C24H33N9O/c1-31(2)17-7-11-32(12-8-17)20-6-5-19(29-30-20)27-23-25-14-16-13-18-22(34)26-15-24(9-3-4-10-24)33(18)21(16)28-23/h5-6,13-14,17,23,28H,3-4,7-12,15H2,1-2H3,(H,26,34)(H,27,29). The number of carbonyl (C=O) groups is 1. The second-order valence-electron chi connectivity index (χ2n) is 10.2. The van der Waals surface area contributed by atoms with Crippen LogP contribution in [0.5, 0.6) is 0 Å². The van der Waals surface area contributed by atoms with Gasteiger partial charge in [0, 0.05) is 37.5 Å². The lowest BCUT2D eigenvalue weighted by Gasteiger charge is -2.39. The van der Waals surface area contributed by atoms with Gasteiger partial charge in [-0.25, -0.2) is 4.99 Å². The number of fused-ring (bicyclic) bond motifs is 4. The molecule has 1 saturated heterocycles. The van der Waals surface area contributed by atoms with Gasteiger partial charge in [-0.2, -0.15) is 0 Å². The van der Waals surface area contributed by atoms with Crippen LogP contribution in [0.1, 0.15) is 54.6 Å². The molecule has 0 bridgehead atoms. The molecule has 4 aliphatic rings. The lowest BCUT2D eigenvalue weighted by molar-refractivity contribution is 0.0874. The Bertz CT molecular complexity index is 1090. The molecule has 1 amide bonds. The number of hydrogen-bond donors (Lipinski definition) is 3. The predicted molar refractivity (Wildman–Crippen MR) is 133 cm³/mol. The molecule has 1 atom stereocenters. The van der Waals surface area contributed by atoms with Gasteiger partial charge < -0.3 is 30.3 Å². The Labute approximate surface area is 199 Å². The molecule has 2 fully saturated rings. The normalized spacial score (nSPS) is 23.6. The van der Waals surface area contributed by atoms with Crippen molar-refractivity contribution in [3.63, 3.8) is 0 Å². The molecule has 6 rings (SSSR count). The maximum atomic E-state index is 12.6. The van der Waals surface area contributed by atoms with E-state index in [1.54, 1.807) is 0 Å². The number of rotatable bonds is 4. The fourth-order valence-electron chi connectivity index (χ4n) is 6.00. The van der Waals surface area contributed by atoms with Crippen LogP contribution < -0.4 is 20.9 Å². The molecular weight excluding hydrogens is 430 g/mol. The number of anilines is 3. The zero-order valence-electron chi connectivity index (χ0n) is 19.9. The molecular formula is C24H33N9O. The molecule has 2 aromatic heterocycles. The molecule has 3 aliphatic heterocycles. The summed E-state index contributed by atoms with van der Waals surface area (Å²) >= 11 is 0. The fourth-order valence-corrected chi connectivity index (χ4v) is 6.00. The Balaban J connectivity index is 1.16. The number of hydrogen-bond acceptors (Lipinski definition) is 8. The van der Waals surface area contributed by atoms with Gasteiger partial charge in [0.1, 0.15) is 11.5 Å². The van der Waals surface area contributed by atoms with Crippen molar-refractivity contribution in [2.45, 2.75) is 56.4 Å². The molecule has 1 saturated carbocycles. The van der Waals surface area contributed by atoms with Crippen LogP contribution in [0, 0.1) is 0 Å². The van der Waals surface area contributed by atoms with Crippen LogP contribution in [-0.2, 0) is 5.54 Å². The van der Waals surface area contributed by atoms with E-state index >= 15 is 0 Å². The third-order valence-corrected chi connectivity index (χ3v) is 7.94. The number of amides is 1. The highest BCUT2D eigenvalue weighted by molar-refractivity contribution is 6.00. The van der Waals surface area contributed by atoms with E-state index in [2.05, 4.69) is 59.6 Å². The number of aliphatic imine (C=N–C) groups is 1. The molecule has 1 aliphatic carbocycles. The summed E-state index contributed by atoms with van der Waals surface area (Å²) in [4.78, 5) is 21.8. The smallest absolute Gasteiger partial charge is 0.268 e. The summed E-state index contributed by atoms with van der Waals surface area (Å²) in [5, 5.41) is 18.8. The molecule has 3 N–H and O–H groups in total. The van der Waals surface area contributed by atoms with E-state index in [9.17, 15) is 4.79 Å². The van der Waals surface area contributed by atoms with Crippen LogP contribution in [0.25, 0.3) is 0 Å². The SMILES string of the molecule is CN(C)C1CCN(c2ccc(NC3N=Cc4cc5n(c4N3)C3(CCCC3)CNC5=O)nn2)CC1. The Morgan fingerprint density at radius 1 is 1.15 bits per heavy atom. The lowest BCUT2D eigenvalue weighted by atomic mass is 9.94. The first-order valence-corrected chi connectivity index (χ1v) is 12.4. The van der Waals surface area contributed by atoms with Gasteiger partial charge >= 0.3 is 0 Å². The summed E-state index contributed by atoms with van der Waals surface area (Å²) < 4.78 is 2.24. The maximum Gasteiger partial charge on any atom is 0.268 e. The monoisotopic (exact) mass is 463 g/mol. The van der Waals surface area contributed by atoms with Gasteiger partial charge in [-0.1, -0.05) is 12.8 Å². The summed E-state index contributed by atoms with van der Waals surface area (Å²) in [5.74, 6) is 2.54. The van der Waals surface area contributed by atoms with Gasteiger partial charge in [-0.05, 0) is 58.0 Å². The average molecular weight is 464 g/mol. The molecule has 1 unspecified atom stereocenters. The Morgan fingerprint density at radius 2 is 1.94 bits per heavy atom. The average Bonchev–Trinajstić information content (AvgIpc) is 3.48. The molecule has 180 valence electrons. The predicted octanol–water partition coefficient (Wildman–Crippen LogP) is 2.06. The molecule has 5 heterocycles. The van der Waals surface area contributed by atoms with E-state index in [-0.39, 0.29) is 17.7 Å². The number of nitrogens with zero attached hydrogens (tertiary/aromatic N) is 6. The van der Waals surface area contributed by atoms with Crippen molar-refractivity contribution in [1.29, 1.82) is 0 Å². The first kappa shape index (κ1) is 21.4. The largest absolute Gasteiger partial charge is 0.355 e. The van der Waals surface area contributed by atoms with Crippen LogP contribution in [-0.4, -0.2) is 77.8 Å². The highest BCUT2D eigenvalue weighted by Gasteiger charge is 2.44. The second kappa shape index (κ2) is 8.26. The second-order valence-corrected chi connectivity index (χ2v) is 10.2. The van der Waals surface area contributed by atoms with Crippen molar-refractivity contribution in [3.05, 3.63) is 29.5 Å². The van der Waals surface area contributed by atoms with Crippen molar-refractivity contribution in [1.82, 2.24) is 25.0 Å². The van der Waals surface area contributed by atoms with Crippen molar-refractivity contribution in [3.8, 4) is 0 Å². The number of piperidine rings is 1. The van der Waals surface area contributed by atoms with Crippen molar-refractivity contribution >= 4 is 29.6 Å². The third-order valence-electron chi connectivity index (χ3n) is 7.94. The van der Waals surface area contributed by atoms with Crippen molar-refractivity contribution in [2.24, 2.45) is 4.99 Å². The van der Waals surface area contributed by atoms with Crippen LogP contribution in [0.15, 0.2) is 23.2 Å². The van der Waals surface area contributed by atoms with Crippen LogP contribution in [0.2, 0.25) is 0 Å². The highest BCUT2D eigenvalue weighted by Crippen LogP contribution is 2.43. The lowest BCUT2D eigenvalue weighted by Crippen LogP contribution is -2.50. The third kappa shape index (κ3) is 3.60. The topological polar surface area (TPSA) is 103 Å². The minimum absolute atomic E-state index is 0.0114. The van der Waals surface area contributed by atoms with Gasteiger partial charge in [-0.3, -0.25) is 4.79 Å². The fraction of sp³-hybridized carbons (Fsp3) is 0.583. The van der Waals surface area contributed by atoms with Gasteiger partial charge in [0.25, 0.3) is 5.91 Å². The number of nitrogens with one attached hydrogen (secondary N) is 3. The summed E-state index contributed by atoms with van der Waals surface area (Å²) in [7, 11) is 4.30. The first-order chi connectivity index (χ1) is 16.5. The zero-order chi connectivity index (χ0) is 23.3. The zero-order valence-corrected chi connectivity index (χ0v) is 19.9. The van der Waals surface area contributed by atoms with Crippen LogP contribution in [0.4, 0.5) is 17.5 Å². The van der Waals surface area contributed by atoms with Gasteiger partial charge in [0.05, 0.1) is 5.54 Å². The van der Waals surface area contributed by atoms with Gasteiger partial charge in [-0.15, -0.1) is 10.2 Å². The van der Waals surface area contributed by atoms with E-state index in [1.807, 2.05) is 24.4 Å². The summed E-state index contributed by atoms with van der Waals surface area (Å²) in [6.45, 7) is 2.68. The summed E-state index contributed by atoms with van der Waals surface area (Å²) in [6.07, 6.45) is 8.29. The van der Waals surface area contributed by atoms with Crippen LogP contribution >= 0.6 is 0 Å². The number of aromatic nitrogens is 3. The maximum absolute atomic E-state index is 12.6. The minimum atomic E-state index is -0.370. The summed E-state index contributed by atoms with van der Waals surface area (Å²) in [5.41, 5.74) is 1.64. The molecule has 2 aromatic rings. The first-order valence-electron chi connectivity index (χ1n) is 12.4. The highest BCUT2D eigenvalue weighted by atomic mass is 16.2. The van der Waals surface area contributed by atoms with Crippen molar-refractivity contribution in [2.75, 3.05) is 49.3 Å². The molecule has 34 heavy (non-hydrogen) atoms. The number of carbonyl (C=O) groups excluding carboxylic acids is 1. The van der Waals surface area contributed by atoms with E-state index < -0.39 is 0 Å². The quantitative estimate of drug-likeness (QED) is 0.638. The van der Waals surface area contributed by atoms with Crippen molar-refractivity contribution < 1.29 is 4.79 Å². The van der Waals surface area contributed by atoms with Gasteiger partial charge in [0.15, 0.2) is 17.9 Å². The Kier molecular flexibility index (Phi) is 5.20. The Hall–Kier alpha value is -3.14. The minimum Gasteiger partial charge on any atom is -0.355 e. The molecule has 10 heteroatoms. The van der Waals surface area contributed by atoms with Gasteiger partial charge in [0.2, 0.25) is 0 Å². The van der Waals surface area contributed by atoms with Crippen LogP contribution in [0.3, 0.4) is 0 Å². The molecule has 0 aromatic carbocycles. The van der Waals surface area contributed by atoms with E-state index in [0.717, 1.165) is 61.7 Å². The van der Waals surface area contributed by atoms with E-state index in [0.29, 0.717) is 18.4 Å².